The number of hydrogen-bond donors (Lipinski definition) is 1. The van der Waals surface area contributed by atoms with E-state index in [1.807, 2.05) is 73.8 Å². The summed E-state index contributed by atoms with van der Waals surface area (Å²) >= 11 is 0. The lowest BCUT2D eigenvalue weighted by atomic mass is 9.90. The molecule has 2 atom stereocenters. The Balaban J connectivity index is 1.32. The Hall–Kier alpha value is -4.21. The van der Waals surface area contributed by atoms with Crippen molar-refractivity contribution in [1.82, 2.24) is 9.97 Å². The number of halogens is 3. The van der Waals surface area contributed by atoms with E-state index in [0.717, 1.165) is 29.1 Å². The van der Waals surface area contributed by atoms with Crippen LogP contribution in [0.25, 0.3) is 0 Å². The van der Waals surface area contributed by atoms with Gasteiger partial charge in [-0.15, -0.1) is 0 Å². The number of rotatable bonds is 10. The number of ether oxygens (including phenoxy) is 1. The number of aliphatic imine (C=N–C) groups is 1. The van der Waals surface area contributed by atoms with Crippen molar-refractivity contribution in [2.75, 3.05) is 24.6 Å². The minimum absolute atomic E-state index is 0.0442. The van der Waals surface area contributed by atoms with Crippen LogP contribution in [0, 0.1) is 11.8 Å². The smallest absolute Gasteiger partial charge is 0.433 e. The SMILES string of the molecule is CC=C(CCOc1ccc(C[C@H]2CN(c3nccc(C(F)(F)F)n3)C[C@H]2C(=O)O)cc1)N=Cc1ccccc1. The zero-order chi connectivity index (χ0) is 27.8. The highest BCUT2D eigenvalue weighted by molar-refractivity contribution is 5.80. The van der Waals surface area contributed by atoms with E-state index in [0.29, 0.717) is 25.2 Å². The summed E-state index contributed by atoms with van der Waals surface area (Å²) in [7, 11) is 0. The molecule has 1 aliphatic heterocycles. The maximum atomic E-state index is 13.1. The molecule has 1 aliphatic rings. The van der Waals surface area contributed by atoms with Crippen molar-refractivity contribution in [2.45, 2.75) is 25.9 Å². The molecule has 0 spiro atoms. The Morgan fingerprint density at radius 2 is 1.87 bits per heavy atom. The fourth-order valence-corrected chi connectivity index (χ4v) is 4.46. The summed E-state index contributed by atoms with van der Waals surface area (Å²) in [6, 6.07) is 18.0. The first-order valence-corrected chi connectivity index (χ1v) is 12.6. The maximum Gasteiger partial charge on any atom is 0.433 e. The molecule has 1 saturated heterocycles. The Bertz CT molecular complexity index is 1310. The molecule has 1 N–H and O–H groups in total. The van der Waals surface area contributed by atoms with Gasteiger partial charge in [-0.05, 0) is 48.6 Å². The maximum absolute atomic E-state index is 13.1. The monoisotopic (exact) mass is 538 g/mol. The minimum Gasteiger partial charge on any atom is -0.493 e. The zero-order valence-corrected chi connectivity index (χ0v) is 21.4. The van der Waals surface area contributed by atoms with Gasteiger partial charge in [0.25, 0.3) is 0 Å². The van der Waals surface area contributed by atoms with Gasteiger partial charge in [-0.1, -0.05) is 48.5 Å². The lowest BCUT2D eigenvalue weighted by Crippen LogP contribution is -2.25. The average molecular weight is 539 g/mol. The van der Waals surface area contributed by atoms with E-state index in [2.05, 4.69) is 15.0 Å². The summed E-state index contributed by atoms with van der Waals surface area (Å²) < 4.78 is 45.1. The highest BCUT2D eigenvalue weighted by atomic mass is 19.4. The number of benzene rings is 2. The number of carboxylic acids is 1. The molecule has 10 heteroatoms. The summed E-state index contributed by atoms with van der Waals surface area (Å²) in [5.41, 5.74) is 1.78. The molecule has 3 aromatic rings. The highest BCUT2D eigenvalue weighted by Crippen LogP contribution is 2.32. The van der Waals surface area contributed by atoms with E-state index in [-0.39, 0.29) is 25.0 Å². The topological polar surface area (TPSA) is 87.9 Å². The van der Waals surface area contributed by atoms with Gasteiger partial charge in [0.15, 0.2) is 0 Å². The summed E-state index contributed by atoms with van der Waals surface area (Å²) in [4.78, 5) is 25.5. The molecule has 7 nitrogen and oxygen atoms in total. The van der Waals surface area contributed by atoms with Crippen LogP contribution in [-0.2, 0) is 17.4 Å². The van der Waals surface area contributed by atoms with Gasteiger partial charge in [0.2, 0.25) is 5.95 Å². The van der Waals surface area contributed by atoms with Crippen LogP contribution >= 0.6 is 0 Å². The number of carboxylic acid groups (broad SMARTS) is 1. The van der Waals surface area contributed by atoms with Crippen molar-refractivity contribution >= 4 is 18.1 Å². The molecule has 2 aromatic carbocycles. The average Bonchev–Trinajstić information content (AvgIpc) is 3.36. The van der Waals surface area contributed by atoms with Crippen LogP contribution in [0.1, 0.15) is 30.2 Å². The largest absolute Gasteiger partial charge is 0.493 e. The molecule has 0 aliphatic carbocycles. The number of carbonyl (C=O) groups is 1. The molecule has 0 saturated carbocycles. The van der Waals surface area contributed by atoms with Crippen LogP contribution in [0.3, 0.4) is 0 Å². The number of aliphatic carboxylic acids is 1. The zero-order valence-electron chi connectivity index (χ0n) is 21.4. The third kappa shape index (κ3) is 7.66. The van der Waals surface area contributed by atoms with Crippen LogP contribution in [0.15, 0.2) is 83.6 Å². The third-order valence-electron chi connectivity index (χ3n) is 6.53. The van der Waals surface area contributed by atoms with E-state index >= 15 is 0 Å². The second-order valence-corrected chi connectivity index (χ2v) is 9.24. The van der Waals surface area contributed by atoms with E-state index < -0.39 is 23.8 Å². The predicted molar refractivity (Wildman–Crippen MR) is 142 cm³/mol. The van der Waals surface area contributed by atoms with E-state index in [9.17, 15) is 23.1 Å². The summed E-state index contributed by atoms with van der Waals surface area (Å²) in [6.45, 7) is 2.66. The van der Waals surface area contributed by atoms with Gasteiger partial charge >= 0.3 is 12.1 Å². The van der Waals surface area contributed by atoms with Crippen LogP contribution in [-0.4, -0.2) is 47.0 Å². The number of alkyl halides is 3. The van der Waals surface area contributed by atoms with Crippen molar-refractivity contribution in [1.29, 1.82) is 0 Å². The first-order chi connectivity index (χ1) is 18.7. The van der Waals surface area contributed by atoms with E-state index in [1.54, 1.807) is 0 Å². The quantitative estimate of drug-likeness (QED) is 0.335. The molecule has 39 heavy (non-hydrogen) atoms. The van der Waals surface area contributed by atoms with Crippen molar-refractivity contribution in [3.63, 3.8) is 0 Å². The van der Waals surface area contributed by atoms with E-state index in [4.69, 9.17) is 4.74 Å². The third-order valence-corrected chi connectivity index (χ3v) is 6.53. The number of aromatic nitrogens is 2. The van der Waals surface area contributed by atoms with Crippen molar-refractivity contribution in [2.24, 2.45) is 16.8 Å². The first-order valence-electron chi connectivity index (χ1n) is 12.6. The molecule has 0 bridgehead atoms. The van der Waals surface area contributed by atoms with Crippen LogP contribution in [0.2, 0.25) is 0 Å². The van der Waals surface area contributed by atoms with Crippen molar-refractivity contribution in [3.05, 3.63) is 95.5 Å². The first kappa shape index (κ1) is 27.8. The Morgan fingerprint density at radius 3 is 2.54 bits per heavy atom. The molecule has 1 aromatic heterocycles. The van der Waals surface area contributed by atoms with Crippen LogP contribution in [0.4, 0.5) is 19.1 Å². The van der Waals surface area contributed by atoms with Gasteiger partial charge in [-0.25, -0.2) is 9.97 Å². The fourth-order valence-electron chi connectivity index (χ4n) is 4.46. The molecule has 2 heterocycles. The molecule has 0 unspecified atom stereocenters. The summed E-state index contributed by atoms with van der Waals surface area (Å²) in [5, 5.41) is 9.74. The second kappa shape index (κ2) is 12.6. The van der Waals surface area contributed by atoms with Gasteiger partial charge in [-0.3, -0.25) is 9.79 Å². The second-order valence-electron chi connectivity index (χ2n) is 9.24. The van der Waals surface area contributed by atoms with Gasteiger partial charge in [-0.2, -0.15) is 13.2 Å². The van der Waals surface area contributed by atoms with Gasteiger partial charge < -0.3 is 14.7 Å². The molecular formula is C29H29F3N4O3. The molecule has 0 radical (unpaired) electrons. The Labute approximate surface area is 224 Å². The molecular weight excluding hydrogens is 509 g/mol. The number of hydrogen-bond acceptors (Lipinski definition) is 6. The Kier molecular flexibility index (Phi) is 8.96. The minimum atomic E-state index is -4.60. The molecule has 4 rings (SSSR count). The van der Waals surface area contributed by atoms with E-state index in [1.165, 1.54) is 4.90 Å². The molecule has 1 fully saturated rings. The van der Waals surface area contributed by atoms with Crippen LogP contribution < -0.4 is 9.64 Å². The highest BCUT2D eigenvalue weighted by Gasteiger charge is 2.40. The van der Waals surface area contributed by atoms with Crippen LogP contribution in [0.5, 0.6) is 5.75 Å². The predicted octanol–water partition coefficient (Wildman–Crippen LogP) is 5.67. The Morgan fingerprint density at radius 1 is 1.13 bits per heavy atom. The van der Waals surface area contributed by atoms with Gasteiger partial charge in [0.05, 0.1) is 12.5 Å². The molecule has 204 valence electrons. The lowest BCUT2D eigenvalue weighted by molar-refractivity contribution is -0.142. The van der Waals surface area contributed by atoms with Gasteiger partial charge in [0.1, 0.15) is 11.4 Å². The van der Waals surface area contributed by atoms with Crippen molar-refractivity contribution < 1.29 is 27.8 Å². The van der Waals surface area contributed by atoms with Crippen molar-refractivity contribution in [3.8, 4) is 5.75 Å². The standard InChI is InChI=1S/C29H29F3N4O3/c1-2-23(34-17-21-6-4-3-5-7-21)13-15-39-24-10-8-20(9-11-24)16-22-18-36(19-25(22)27(37)38)28-33-14-12-26(35-28)29(30,31)32/h2-12,14,17,22,25H,13,15-16,18-19H2,1H3,(H,37,38)/t22-,25+/m0/s1. The normalized spacial score (nSPS) is 18.1. The summed E-state index contributed by atoms with van der Waals surface area (Å²) in [5.74, 6) is -1.50. The number of allylic oxidation sites excluding steroid dienone is 1. The molecule has 0 amide bonds. The fraction of sp³-hybridized carbons (Fsp3) is 0.310. The van der Waals surface area contributed by atoms with Gasteiger partial charge in [0, 0.05) is 37.6 Å². The summed E-state index contributed by atoms with van der Waals surface area (Å²) in [6.07, 6.45) is 1.29. The number of anilines is 1. The number of nitrogens with zero attached hydrogens (tertiary/aromatic N) is 4. The lowest BCUT2D eigenvalue weighted by Gasteiger charge is -2.17.